The van der Waals surface area contributed by atoms with Gasteiger partial charge in [-0.15, -0.1) is 0 Å². The molecule has 4 N–H and O–H groups in total. The molecule has 254 valence electrons. The van der Waals surface area contributed by atoms with E-state index in [1.807, 2.05) is 6.08 Å². The first kappa shape index (κ1) is 41.8. The Hall–Kier alpha value is -1.17. The Morgan fingerprint density at radius 1 is 0.581 bits per heavy atom. The van der Waals surface area contributed by atoms with Crippen LogP contribution in [0.1, 0.15) is 187 Å². The van der Waals surface area contributed by atoms with Crippen molar-refractivity contribution in [3.63, 3.8) is 0 Å². The molecule has 3 atom stereocenters. The predicted molar refractivity (Wildman–Crippen MR) is 185 cm³/mol. The summed E-state index contributed by atoms with van der Waals surface area (Å²) in [4.78, 5) is 12.4. The van der Waals surface area contributed by atoms with E-state index in [0.29, 0.717) is 6.42 Å². The Labute approximate surface area is 267 Å². The molecule has 0 aromatic rings. The van der Waals surface area contributed by atoms with Crippen LogP contribution < -0.4 is 5.32 Å². The SMILES string of the molecule is CCCCCCCC/C=C\CCCCCCCC(O)CC(=O)NC(CO)C(O)/C=C/CCCCCCCCCCCCC. The number of hydrogen-bond donors (Lipinski definition) is 4. The molecular weight excluding hydrogens is 534 g/mol. The highest BCUT2D eigenvalue weighted by Crippen LogP contribution is 2.14. The van der Waals surface area contributed by atoms with E-state index in [9.17, 15) is 20.1 Å². The number of hydrogen-bond acceptors (Lipinski definition) is 4. The van der Waals surface area contributed by atoms with Gasteiger partial charge < -0.3 is 20.6 Å². The van der Waals surface area contributed by atoms with E-state index in [1.165, 1.54) is 122 Å². The largest absolute Gasteiger partial charge is 0.394 e. The van der Waals surface area contributed by atoms with Gasteiger partial charge >= 0.3 is 0 Å². The third-order valence-corrected chi connectivity index (χ3v) is 8.48. The smallest absolute Gasteiger partial charge is 0.222 e. The molecule has 0 rings (SSSR count). The molecule has 0 bridgehead atoms. The zero-order valence-electron chi connectivity index (χ0n) is 28.6. The molecule has 0 aliphatic rings. The van der Waals surface area contributed by atoms with Gasteiger partial charge in [-0.3, -0.25) is 4.79 Å². The van der Waals surface area contributed by atoms with E-state index >= 15 is 0 Å². The quantitative estimate of drug-likeness (QED) is 0.0441. The van der Waals surface area contributed by atoms with Gasteiger partial charge in [0, 0.05) is 0 Å². The van der Waals surface area contributed by atoms with Gasteiger partial charge in [-0.1, -0.05) is 160 Å². The molecule has 0 aromatic carbocycles. The zero-order valence-corrected chi connectivity index (χ0v) is 28.6. The average molecular weight is 608 g/mol. The van der Waals surface area contributed by atoms with Crippen LogP contribution in [0.5, 0.6) is 0 Å². The van der Waals surface area contributed by atoms with Crippen LogP contribution in [-0.2, 0) is 4.79 Å². The maximum Gasteiger partial charge on any atom is 0.222 e. The highest BCUT2D eigenvalue weighted by Gasteiger charge is 2.20. The number of allylic oxidation sites excluding steroid dienone is 3. The summed E-state index contributed by atoms with van der Waals surface area (Å²) in [6.45, 7) is 4.18. The van der Waals surface area contributed by atoms with Gasteiger partial charge in [-0.05, 0) is 44.9 Å². The molecule has 0 fully saturated rings. The monoisotopic (exact) mass is 608 g/mol. The molecule has 0 heterocycles. The molecule has 0 saturated heterocycles. The van der Waals surface area contributed by atoms with Gasteiger partial charge in [0.1, 0.15) is 0 Å². The second-order valence-electron chi connectivity index (χ2n) is 12.8. The Kier molecular flexibility index (Phi) is 32.8. The van der Waals surface area contributed by atoms with Crippen LogP contribution >= 0.6 is 0 Å². The first-order valence-corrected chi connectivity index (χ1v) is 18.6. The molecule has 43 heavy (non-hydrogen) atoms. The number of unbranched alkanes of at least 4 members (excludes halogenated alkanes) is 22. The second kappa shape index (κ2) is 33.7. The normalized spacial score (nSPS) is 14.1. The van der Waals surface area contributed by atoms with Crippen LogP contribution in [0.15, 0.2) is 24.3 Å². The van der Waals surface area contributed by atoms with Crippen molar-refractivity contribution in [2.75, 3.05) is 6.61 Å². The molecule has 0 radical (unpaired) electrons. The van der Waals surface area contributed by atoms with E-state index < -0.39 is 18.2 Å². The summed E-state index contributed by atoms with van der Waals surface area (Å²) >= 11 is 0. The zero-order chi connectivity index (χ0) is 31.6. The van der Waals surface area contributed by atoms with Crippen molar-refractivity contribution >= 4 is 5.91 Å². The minimum absolute atomic E-state index is 0.00900. The number of carbonyl (C=O) groups excluding carboxylic acids is 1. The number of nitrogens with one attached hydrogen (secondary N) is 1. The van der Waals surface area contributed by atoms with Crippen molar-refractivity contribution < 1.29 is 20.1 Å². The van der Waals surface area contributed by atoms with Gasteiger partial charge in [0.05, 0.1) is 31.3 Å². The molecule has 5 nitrogen and oxygen atoms in total. The predicted octanol–water partition coefficient (Wildman–Crippen LogP) is 9.87. The average Bonchev–Trinajstić information content (AvgIpc) is 3.00. The van der Waals surface area contributed by atoms with E-state index in [0.717, 1.165) is 38.5 Å². The second-order valence-corrected chi connectivity index (χ2v) is 12.8. The third-order valence-electron chi connectivity index (χ3n) is 8.48. The number of amides is 1. The lowest BCUT2D eigenvalue weighted by Crippen LogP contribution is -2.45. The van der Waals surface area contributed by atoms with Crippen molar-refractivity contribution in [2.24, 2.45) is 0 Å². The summed E-state index contributed by atoms with van der Waals surface area (Å²) < 4.78 is 0. The fraction of sp³-hybridized carbons (Fsp3) is 0.868. The van der Waals surface area contributed by atoms with E-state index in [1.54, 1.807) is 6.08 Å². The minimum atomic E-state index is -0.927. The summed E-state index contributed by atoms with van der Waals surface area (Å²) in [6.07, 6.45) is 38.7. The molecule has 0 spiro atoms. The summed E-state index contributed by atoms with van der Waals surface area (Å²) in [5, 5.41) is 33.0. The Balaban J connectivity index is 3.75. The molecule has 0 aliphatic carbocycles. The minimum Gasteiger partial charge on any atom is -0.394 e. The maximum atomic E-state index is 12.4. The van der Waals surface area contributed by atoms with Gasteiger partial charge in [-0.2, -0.15) is 0 Å². The lowest BCUT2D eigenvalue weighted by molar-refractivity contribution is -0.124. The molecule has 0 saturated carbocycles. The standard InChI is InChI=1S/C38H73NO4/c1-3-5-7-9-11-13-15-17-18-20-21-23-25-27-29-31-35(41)33-38(43)39-36(34-40)37(42)32-30-28-26-24-22-19-16-14-12-10-8-6-4-2/h17-18,30,32,35-37,40-42H,3-16,19-29,31,33-34H2,1-2H3,(H,39,43)/b18-17-,32-30+. The van der Waals surface area contributed by atoms with Crippen molar-refractivity contribution in [1.29, 1.82) is 0 Å². The summed E-state index contributed by atoms with van der Waals surface area (Å²) in [6, 6.07) is -0.742. The van der Waals surface area contributed by atoms with Crippen LogP contribution in [0.3, 0.4) is 0 Å². The van der Waals surface area contributed by atoms with Crippen LogP contribution in [-0.4, -0.2) is 46.1 Å². The first-order valence-electron chi connectivity index (χ1n) is 18.6. The summed E-state index contributed by atoms with van der Waals surface area (Å²) in [5.41, 5.74) is 0. The fourth-order valence-corrected chi connectivity index (χ4v) is 5.57. The van der Waals surface area contributed by atoms with E-state index in [-0.39, 0.29) is 18.9 Å². The van der Waals surface area contributed by atoms with Crippen LogP contribution in [0.25, 0.3) is 0 Å². The number of carbonyl (C=O) groups is 1. The van der Waals surface area contributed by atoms with Gasteiger partial charge in [0.25, 0.3) is 0 Å². The molecular formula is C38H73NO4. The van der Waals surface area contributed by atoms with Crippen LogP contribution in [0.2, 0.25) is 0 Å². The maximum absolute atomic E-state index is 12.4. The number of aliphatic hydroxyl groups excluding tert-OH is 3. The molecule has 1 amide bonds. The van der Waals surface area contributed by atoms with Crippen LogP contribution in [0.4, 0.5) is 0 Å². The van der Waals surface area contributed by atoms with Gasteiger partial charge in [0.15, 0.2) is 0 Å². The van der Waals surface area contributed by atoms with Crippen LogP contribution in [0, 0.1) is 0 Å². The molecule has 0 aliphatic heterocycles. The number of aliphatic hydroxyl groups is 3. The lowest BCUT2D eigenvalue weighted by Gasteiger charge is -2.21. The lowest BCUT2D eigenvalue weighted by atomic mass is 10.0. The molecule has 3 unspecified atom stereocenters. The Bertz CT molecular complexity index is 635. The van der Waals surface area contributed by atoms with Crippen molar-refractivity contribution in [1.82, 2.24) is 5.32 Å². The van der Waals surface area contributed by atoms with Gasteiger partial charge in [0.2, 0.25) is 5.91 Å². The molecule has 5 heteroatoms. The van der Waals surface area contributed by atoms with E-state index in [2.05, 4.69) is 31.3 Å². The van der Waals surface area contributed by atoms with Gasteiger partial charge in [-0.25, -0.2) is 0 Å². The highest BCUT2D eigenvalue weighted by atomic mass is 16.3. The highest BCUT2D eigenvalue weighted by molar-refractivity contribution is 5.76. The first-order chi connectivity index (χ1) is 21.0. The van der Waals surface area contributed by atoms with Crippen molar-refractivity contribution in [2.45, 2.75) is 205 Å². The molecule has 0 aromatic heterocycles. The summed E-state index contributed by atoms with van der Waals surface area (Å²) in [5.74, 6) is -0.322. The Morgan fingerprint density at radius 2 is 0.977 bits per heavy atom. The van der Waals surface area contributed by atoms with Crippen molar-refractivity contribution in [3.05, 3.63) is 24.3 Å². The Morgan fingerprint density at radius 3 is 1.42 bits per heavy atom. The summed E-state index contributed by atoms with van der Waals surface area (Å²) in [7, 11) is 0. The fourth-order valence-electron chi connectivity index (χ4n) is 5.57. The van der Waals surface area contributed by atoms with E-state index in [4.69, 9.17) is 0 Å². The number of rotatable bonds is 33. The van der Waals surface area contributed by atoms with Crippen molar-refractivity contribution in [3.8, 4) is 0 Å². The topological polar surface area (TPSA) is 89.8 Å². The third kappa shape index (κ3) is 30.6.